The number of nitriles is 1. The molecule has 2 aromatic rings. The normalized spacial score (nSPS) is 18.9. The number of carbonyl (C=O) groups is 2. The van der Waals surface area contributed by atoms with Gasteiger partial charge < -0.3 is 19.9 Å². The van der Waals surface area contributed by atoms with E-state index < -0.39 is 15.8 Å². The van der Waals surface area contributed by atoms with E-state index in [2.05, 4.69) is 10.4 Å². The van der Waals surface area contributed by atoms with Crippen molar-refractivity contribution < 1.29 is 23.5 Å². The number of hydrogen-bond acceptors (Lipinski definition) is 7. The molecule has 3 aliphatic rings. The molecule has 10 nitrogen and oxygen atoms in total. The summed E-state index contributed by atoms with van der Waals surface area (Å²) in [6.07, 6.45) is 4.95. The molecule has 2 amide bonds. The summed E-state index contributed by atoms with van der Waals surface area (Å²) < 4.78 is 23.5. The molecule has 0 radical (unpaired) electrons. The molecule has 2 saturated carbocycles. The maximum Gasteiger partial charge on any atom is 0.272 e. The van der Waals surface area contributed by atoms with Crippen LogP contribution in [0.5, 0.6) is 0 Å². The van der Waals surface area contributed by atoms with E-state index >= 15 is 0 Å². The van der Waals surface area contributed by atoms with E-state index in [1.54, 1.807) is 36.2 Å². The number of hydrogen-bond donors (Lipinski definition) is 2. The molecule has 1 aromatic carbocycles. The van der Waals surface area contributed by atoms with Crippen molar-refractivity contribution >= 4 is 22.9 Å². The van der Waals surface area contributed by atoms with E-state index in [1.165, 1.54) is 11.1 Å². The van der Waals surface area contributed by atoms with Gasteiger partial charge in [0, 0.05) is 32.2 Å². The van der Waals surface area contributed by atoms with Crippen molar-refractivity contribution in [1.82, 2.24) is 20.0 Å². The minimum atomic E-state index is -2.22. The summed E-state index contributed by atoms with van der Waals surface area (Å²) in [5.74, 6) is -0.675. The predicted octanol–water partition coefficient (Wildman–Crippen LogP) is 1.16. The molecule has 35 heavy (non-hydrogen) atoms. The molecule has 186 valence electrons. The number of aryl methyl sites for hydroxylation is 1. The van der Waals surface area contributed by atoms with Gasteiger partial charge in [0.15, 0.2) is 5.69 Å². The first-order chi connectivity index (χ1) is 16.7. The van der Waals surface area contributed by atoms with Gasteiger partial charge in [0.05, 0.1) is 22.5 Å². The molecule has 2 aliphatic carbocycles. The summed E-state index contributed by atoms with van der Waals surface area (Å²) in [6.45, 7) is 0.799. The number of amides is 2. The molecule has 2 heterocycles. The van der Waals surface area contributed by atoms with E-state index in [4.69, 9.17) is 10.4 Å². The van der Waals surface area contributed by atoms with Crippen molar-refractivity contribution in [1.29, 1.82) is 5.26 Å². The van der Waals surface area contributed by atoms with Crippen molar-refractivity contribution in [2.75, 3.05) is 13.1 Å². The average Bonchev–Trinajstić information content (AvgIpc) is 3.54. The Bertz CT molecular complexity index is 1180. The molecule has 1 atom stereocenters. The zero-order valence-corrected chi connectivity index (χ0v) is 20.3. The van der Waals surface area contributed by atoms with E-state index in [0.29, 0.717) is 42.6 Å². The van der Waals surface area contributed by atoms with Crippen molar-refractivity contribution in [3.8, 4) is 6.07 Å². The van der Waals surface area contributed by atoms with Crippen LogP contribution in [-0.2, 0) is 31.1 Å². The number of rotatable bonds is 6. The highest BCUT2D eigenvalue weighted by atomic mass is 32.2. The van der Waals surface area contributed by atoms with Crippen LogP contribution < -0.4 is 5.32 Å². The summed E-state index contributed by atoms with van der Waals surface area (Å²) in [5.41, 5.74) is 2.51. The Hall–Kier alpha value is -3.07. The van der Waals surface area contributed by atoms with Crippen LogP contribution >= 0.6 is 0 Å². The third kappa shape index (κ3) is 5.45. The van der Waals surface area contributed by atoms with Gasteiger partial charge in [-0.3, -0.25) is 18.5 Å². The third-order valence-electron chi connectivity index (χ3n) is 6.73. The fourth-order valence-electron chi connectivity index (χ4n) is 4.12. The quantitative estimate of drug-likeness (QED) is 0.567. The summed E-state index contributed by atoms with van der Waals surface area (Å²) in [6, 6.07) is 8.93. The van der Waals surface area contributed by atoms with Crippen molar-refractivity contribution in [2.45, 2.75) is 55.9 Å². The highest BCUT2D eigenvalue weighted by Gasteiger charge is 2.47. The van der Waals surface area contributed by atoms with E-state index in [9.17, 15) is 18.4 Å². The Morgan fingerprint density at radius 1 is 1.34 bits per heavy atom. The Morgan fingerprint density at radius 2 is 2.00 bits per heavy atom. The van der Waals surface area contributed by atoms with Crippen LogP contribution in [0.1, 0.15) is 69.8 Å². The van der Waals surface area contributed by atoms with Gasteiger partial charge in [-0.15, -0.1) is 0 Å². The summed E-state index contributed by atoms with van der Waals surface area (Å²) >= 11 is -2.22. The molecular formula is C24H28N5O5S-. The van der Waals surface area contributed by atoms with Crippen molar-refractivity contribution in [3.05, 3.63) is 52.3 Å². The summed E-state index contributed by atoms with van der Waals surface area (Å²) in [7, 11) is 1.61. The van der Waals surface area contributed by atoms with Crippen molar-refractivity contribution in [2.24, 2.45) is 7.05 Å². The van der Waals surface area contributed by atoms with Gasteiger partial charge in [0.1, 0.15) is 5.69 Å². The molecular weight excluding hydrogens is 470 g/mol. The van der Waals surface area contributed by atoms with E-state index in [0.717, 1.165) is 18.4 Å². The number of aliphatic hydroxyl groups is 1. The van der Waals surface area contributed by atoms with Gasteiger partial charge in [-0.05, 0) is 67.3 Å². The lowest BCUT2D eigenvalue weighted by atomic mass is 9.97. The molecule has 11 heteroatoms. The lowest BCUT2D eigenvalue weighted by Gasteiger charge is -2.31. The van der Waals surface area contributed by atoms with Gasteiger partial charge in [0.25, 0.3) is 11.8 Å². The fourth-order valence-corrected chi connectivity index (χ4v) is 4.81. The second kappa shape index (κ2) is 10.3. The number of carbonyl (C=O) groups excluding carboxylic acids is 2. The third-order valence-corrected chi connectivity index (χ3v) is 7.98. The Morgan fingerprint density at radius 3 is 2.51 bits per heavy atom. The monoisotopic (exact) mass is 498 g/mol. The Labute approximate surface area is 206 Å². The molecule has 1 aliphatic heterocycles. The van der Waals surface area contributed by atoms with Gasteiger partial charge in [-0.2, -0.15) is 10.4 Å². The second-order valence-corrected chi connectivity index (χ2v) is 10.6. The maximum absolute atomic E-state index is 12.9. The molecule has 0 bridgehead atoms. The minimum absolute atomic E-state index is 0.0648. The van der Waals surface area contributed by atoms with Crippen LogP contribution in [0, 0.1) is 11.3 Å². The van der Waals surface area contributed by atoms with Crippen molar-refractivity contribution in [3.63, 3.8) is 0 Å². The zero-order valence-electron chi connectivity index (χ0n) is 19.5. The number of fused-ring (bicyclic) bond motifs is 1. The molecule has 5 rings (SSSR count). The van der Waals surface area contributed by atoms with Gasteiger partial charge in [-0.1, -0.05) is 12.1 Å². The van der Waals surface area contributed by atoms with Crippen LogP contribution in [0.25, 0.3) is 0 Å². The molecule has 1 unspecified atom stereocenters. The van der Waals surface area contributed by atoms with Gasteiger partial charge in [0.2, 0.25) is 0 Å². The molecule has 0 spiro atoms. The van der Waals surface area contributed by atoms with Gasteiger partial charge >= 0.3 is 0 Å². The van der Waals surface area contributed by atoms with Crippen LogP contribution in [0.3, 0.4) is 0 Å². The Kier molecular flexibility index (Phi) is 7.35. The minimum Gasteiger partial charge on any atom is -0.772 e. The Balaban J connectivity index is 0.000000514. The molecule has 0 saturated heterocycles. The topological polar surface area (TPSA) is 151 Å². The predicted molar refractivity (Wildman–Crippen MR) is 126 cm³/mol. The zero-order chi connectivity index (χ0) is 25.2. The number of aromatic nitrogens is 2. The van der Waals surface area contributed by atoms with E-state index in [-0.39, 0.29) is 36.7 Å². The van der Waals surface area contributed by atoms with Crippen LogP contribution in [-0.4, -0.2) is 64.3 Å². The van der Waals surface area contributed by atoms with Crippen LogP contribution in [0.4, 0.5) is 0 Å². The smallest absolute Gasteiger partial charge is 0.272 e. The first-order valence-corrected chi connectivity index (χ1v) is 12.7. The molecule has 2 N–H and O–H groups in total. The standard InChI is InChI=1S/C20H21N5O4S.C4H8O/c1-24-17-15(6-9-25(19(17)27)12-20(7-8-20)30(28)29)16(23-24)18(26)22-11-14-4-2-13(10-21)3-5-14;5-4-2-1-3-4/h2-5H,6-9,11-12H2,1H3,(H,22,26)(H,28,29);4-5H,1-3H2/p-1. The summed E-state index contributed by atoms with van der Waals surface area (Å²) in [4.78, 5) is 27.2. The largest absolute Gasteiger partial charge is 0.772 e. The first-order valence-electron chi connectivity index (χ1n) is 11.6. The fraction of sp³-hybridized carbons (Fsp3) is 0.500. The number of nitrogens with zero attached hydrogens (tertiary/aromatic N) is 4. The lowest BCUT2D eigenvalue weighted by Crippen LogP contribution is -2.45. The second-order valence-electron chi connectivity index (χ2n) is 9.27. The molecule has 1 aromatic heterocycles. The summed E-state index contributed by atoms with van der Waals surface area (Å²) in [5, 5.41) is 24.4. The lowest BCUT2D eigenvalue weighted by molar-refractivity contribution is 0.0724. The van der Waals surface area contributed by atoms with Crippen LogP contribution in [0.15, 0.2) is 24.3 Å². The molecule has 2 fully saturated rings. The highest BCUT2D eigenvalue weighted by molar-refractivity contribution is 7.81. The van der Waals surface area contributed by atoms with Crippen LogP contribution in [0.2, 0.25) is 0 Å². The first kappa shape index (κ1) is 25.0. The number of benzene rings is 1. The number of aliphatic hydroxyl groups excluding tert-OH is 1. The van der Waals surface area contributed by atoms with Gasteiger partial charge in [-0.25, -0.2) is 0 Å². The highest BCUT2D eigenvalue weighted by Crippen LogP contribution is 2.42. The maximum atomic E-state index is 12.9. The number of nitrogens with one attached hydrogen (secondary N) is 1. The average molecular weight is 499 g/mol. The van der Waals surface area contributed by atoms with E-state index in [1.807, 2.05) is 6.07 Å². The SMILES string of the molecule is Cn1nc(C(=O)NCc2ccc(C#N)cc2)c2c1C(=O)N(CC1(S(=O)[O-])CC1)CC2.OC1CCC1.